The molecule has 1 aromatic heterocycles. The predicted molar refractivity (Wildman–Crippen MR) is 66.9 cm³/mol. The number of benzene rings is 1. The van der Waals surface area contributed by atoms with Crippen LogP contribution >= 0.6 is 0 Å². The molecule has 2 aromatic rings. The molecular weight excluding hydrogens is 233 g/mol. The monoisotopic (exact) mass is 249 g/mol. The fourth-order valence-corrected chi connectivity index (χ4v) is 1.62. The number of aryl methyl sites for hydroxylation is 1. The van der Waals surface area contributed by atoms with E-state index < -0.39 is 0 Å². The summed E-state index contributed by atoms with van der Waals surface area (Å²) in [6.07, 6.45) is 2.60. The molecule has 1 heterocycles. The number of anilines is 1. The predicted octanol–water partition coefficient (Wildman–Crippen LogP) is 2.82. The van der Waals surface area contributed by atoms with Gasteiger partial charge >= 0.3 is 6.01 Å². The third-order valence-corrected chi connectivity index (χ3v) is 2.54. The fourth-order valence-electron chi connectivity index (χ4n) is 1.62. The highest BCUT2D eigenvalue weighted by atomic mass is 19.1. The number of rotatable bonds is 6. The highest BCUT2D eigenvalue weighted by Crippen LogP contribution is 2.07. The number of hydrogen-bond acceptors (Lipinski definition) is 4. The zero-order valence-electron chi connectivity index (χ0n) is 10.3. The van der Waals surface area contributed by atoms with E-state index in [4.69, 9.17) is 4.52 Å². The summed E-state index contributed by atoms with van der Waals surface area (Å²) >= 11 is 0. The first-order chi connectivity index (χ1) is 8.78. The van der Waals surface area contributed by atoms with Gasteiger partial charge in [-0.05, 0) is 30.5 Å². The third-order valence-electron chi connectivity index (χ3n) is 2.54. The largest absolute Gasteiger partial charge is 0.337 e. The summed E-state index contributed by atoms with van der Waals surface area (Å²) in [5.41, 5.74) is 1.07. The Kier molecular flexibility index (Phi) is 4.28. The second-order valence-electron chi connectivity index (χ2n) is 4.07. The van der Waals surface area contributed by atoms with Crippen molar-refractivity contribution >= 4 is 6.01 Å². The van der Waals surface area contributed by atoms with Crippen molar-refractivity contribution in [3.63, 3.8) is 0 Å². The maximum absolute atomic E-state index is 12.7. The molecule has 0 atom stereocenters. The van der Waals surface area contributed by atoms with Gasteiger partial charge in [-0.15, -0.1) is 0 Å². The number of nitrogens with zero attached hydrogens (tertiary/aromatic N) is 2. The summed E-state index contributed by atoms with van der Waals surface area (Å²) in [5.74, 6) is 0.509. The van der Waals surface area contributed by atoms with E-state index >= 15 is 0 Å². The molecule has 0 saturated carbocycles. The Morgan fingerprint density at radius 1 is 1.22 bits per heavy atom. The molecule has 0 saturated heterocycles. The van der Waals surface area contributed by atoms with Crippen molar-refractivity contribution in [3.05, 3.63) is 41.5 Å². The van der Waals surface area contributed by atoms with Crippen LogP contribution in [-0.2, 0) is 12.8 Å². The van der Waals surface area contributed by atoms with Crippen LogP contribution in [0.3, 0.4) is 0 Å². The number of hydrogen-bond donors (Lipinski definition) is 1. The molecular formula is C13H16FN3O. The van der Waals surface area contributed by atoms with Crippen LogP contribution in [0.1, 0.15) is 24.7 Å². The van der Waals surface area contributed by atoms with Gasteiger partial charge in [0.1, 0.15) is 5.82 Å². The van der Waals surface area contributed by atoms with Gasteiger partial charge in [0.05, 0.1) is 0 Å². The van der Waals surface area contributed by atoms with Crippen LogP contribution in [-0.4, -0.2) is 16.7 Å². The van der Waals surface area contributed by atoms with E-state index in [0.29, 0.717) is 12.6 Å². The molecule has 0 unspecified atom stereocenters. The third kappa shape index (κ3) is 3.55. The van der Waals surface area contributed by atoms with Gasteiger partial charge in [-0.1, -0.05) is 24.2 Å². The summed E-state index contributed by atoms with van der Waals surface area (Å²) in [5, 5.41) is 6.90. The van der Waals surface area contributed by atoms with Crippen LogP contribution in [0.2, 0.25) is 0 Å². The Bertz CT molecular complexity index is 481. The molecule has 0 spiro atoms. The van der Waals surface area contributed by atoms with Crippen molar-refractivity contribution in [2.75, 3.05) is 11.9 Å². The summed E-state index contributed by atoms with van der Waals surface area (Å²) in [4.78, 5) is 4.20. The second-order valence-corrected chi connectivity index (χ2v) is 4.07. The lowest BCUT2D eigenvalue weighted by molar-refractivity contribution is 0.422. The van der Waals surface area contributed by atoms with Crippen LogP contribution in [0.4, 0.5) is 10.4 Å². The number of nitrogens with one attached hydrogen (secondary N) is 1. The molecule has 0 aliphatic rings. The average molecular weight is 249 g/mol. The van der Waals surface area contributed by atoms with E-state index in [9.17, 15) is 4.39 Å². The van der Waals surface area contributed by atoms with E-state index in [1.807, 2.05) is 0 Å². The Morgan fingerprint density at radius 3 is 2.72 bits per heavy atom. The topological polar surface area (TPSA) is 51.0 Å². The molecule has 0 amide bonds. The van der Waals surface area contributed by atoms with E-state index in [-0.39, 0.29) is 5.82 Å². The molecule has 4 nitrogen and oxygen atoms in total. The molecule has 0 aliphatic carbocycles. The van der Waals surface area contributed by atoms with Gasteiger partial charge in [0.15, 0.2) is 5.82 Å². The van der Waals surface area contributed by atoms with Crippen molar-refractivity contribution in [2.24, 2.45) is 0 Å². The summed E-state index contributed by atoms with van der Waals surface area (Å²) in [6.45, 7) is 2.75. The summed E-state index contributed by atoms with van der Waals surface area (Å²) in [6, 6.07) is 6.91. The zero-order valence-corrected chi connectivity index (χ0v) is 10.3. The molecule has 5 heteroatoms. The van der Waals surface area contributed by atoms with Gasteiger partial charge in [-0.3, -0.25) is 0 Å². The van der Waals surface area contributed by atoms with Gasteiger partial charge in [-0.2, -0.15) is 4.98 Å². The van der Waals surface area contributed by atoms with E-state index in [0.717, 1.165) is 30.7 Å². The normalized spacial score (nSPS) is 10.6. The quantitative estimate of drug-likeness (QED) is 0.855. The SMILES string of the molecule is CCCc1noc(NCCc2ccc(F)cc2)n1. The minimum Gasteiger partial charge on any atom is -0.337 e. The fraction of sp³-hybridized carbons (Fsp3) is 0.385. The molecule has 18 heavy (non-hydrogen) atoms. The molecule has 0 fully saturated rings. The molecule has 1 N–H and O–H groups in total. The van der Waals surface area contributed by atoms with Crippen molar-refractivity contribution in [2.45, 2.75) is 26.2 Å². The Hall–Kier alpha value is -1.91. The molecule has 1 aromatic carbocycles. The van der Waals surface area contributed by atoms with E-state index in [2.05, 4.69) is 22.4 Å². The highest BCUT2D eigenvalue weighted by molar-refractivity contribution is 5.21. The Balaban J connectivity index is 1.79. The average Bonchev–Trinajstić information content (AvgIpc) is 2.80. The molecule has 96 valence electrons. The van der Waals surface area contributed by atoms with Crippen molar-refractivity contribution in [1.29, 1.82) is 0 Å². The molecule has 0 radical (unpaired) electrons. The minimum absolute atomic E-state index is 0.215. The first kappa shape index (κ1) is 12.5. The van der Waals surface area contributed by atoms with E-state index in [1.54, 1.807) is 12.1 Å². The first-order valence-corrected chi connectivity index (χ1v) is 6.09. The standard InChI is InChI=1S/C13H16FN3O/c1-2-3-12-16-13(18-17-12)15-9-8-10-4-6-11(14)7-5-10/h4-7H,2-3,8-9H2,1H3,(H,15,16,17). The number of aromatic nitrogens is 2. The van der Waals surface area contributed by atoms with Crippen LogP contribution in [0.15, 0.2) is 28.8 Å². The molecule has 2 rings (SSSR count). The van der Waals surface area contributed by atoms with Crippen LogP contribution in [0.5, 0.6) is 0 Å². The van der Waals surface area contributed by atoms with Crippen molar-refractivity contribution in [1.82, 2.24) is 10.1 Å². The van der Waals surface area contributed by atoms with Crippen LogP contribution in [0.25, 0.3) is 0 Å². The first-order valence-electron chi connectivity index (χ1n) is 6.09. The van der Waals surface area contributed by atoms with Crippen LogP contribution < -0.4 is 5.32 Å². The summed E-state index contributed by atoms with van der Waals surface area (Å²) in [7, 11) is 0. The lowest BCUT2D eigenvalue weighted by atomic mass is 10.1. The smallest absolute Gasteiger partial charge is 0.321 e. The molecule has 0 bridgehead atoms. The Labute approximate surface area is 105 Å². The lowest BCUT2D eigenvalue weighted by Crippen LogP contribution is -2.05. The zero-order chi connectivity index (χ0) is 12.8. The maximum atomic E-state index is 12.7. The van der Waals surface area contributed by atoms with Gasteiger partial charge in [-0.25, -0.2) is 4.39 Å². The maximum Gasteiger partial charge on any atom is 0.321 e. The highest BCUT2D eigenvalue weighted by Gasteiger charge is 2.04. The van der Waals surface area contributed by atoms with Gasteiger partial charge in [0.2, 0.25) is 0 Å². The van der Waals surface area contributed by atoms with Gasteiger partial charge in [0.25, 0.3) is 0 Å². The van der Waals surface area contributed by atoms with Gasteiger partial charge < -0.3 is 9.84 Å². The minimum atomic E-state index is -0.215. The number of halogens is 1. The van der Waals surface area contributed by atoms with Crippen molar-refractivity contribution < 1.29 is 8.91 Å². The van der Waals surface area contributed by atoms with Crippen molar-refractivity contribution in [3.8, 4) is 0 Å². The summed E-state index contributed by atoms with van der Waals surface area (Å²) < 4.78 is 17.7. The lowest BCUT2D eigenvalue weighted by Gasteiger charge is -2.01. The van der Waals surface area contributed by atoms with E-state index in [1.165, 1.54) is 12.1 Å². The van der Waals surface area contributed by atoms with Gasteiger partial charge in [0, 0.05) is 13.0 Å². The Morgan fingerprint density at radius 2 is 2.00 bits per heavy atom. The van der Waals surface area contributed by atoms with Crippen LogP contribution in [0, 0.1) is 5.82 Å². The second kappa shape index (κ2) is 6.14. The molecule has 0 aliphatic heterocycles.